The normalized spacial score (nSPS) is 18.7. The highest BCUT2D eigenvalue weighted by Crippen LogP contribution is 2.45. The van der Waals surface area contributed by atoms with Gasteiger partial charge in [0.15, 0.2) is 23.2 Å². The van der Waals surface area contributed by atoms with Gasteiger partial charge in [0.2, 0.25) is 6.79 Å². The minimum atomic E-state index is -4.56. The molecule has 8 nitrogen and oxygen atoms in total. The largest absolute Gasteiger partial charge is 0.494 e. The van der Waals surface area contributed by atoms with E-state index >= 15 is 0 Å². The van der Waals surface area contributed by atoms with Crippen molar-refractivity contribution >= 4 is 17.4 Å². The molecule has 0 unspecified atom stereocenters. The van der Waals surface area contributed by atoms with Gasteiger partial charge in [-0.15, -0.1) is 0 Å². The fourth-order valence-corrected chi connectivity index (χ4v) is 4.03. The fourth-order valence-electron chi connectivity index (χ4n) is 4.03. The first-order valence-electron chi connectivity index (χ1n) is 10.7. The molecule has 2 N–H and O–H groups in total. The van der Waals surface area contributed by atoms with E-state index in [0.717, 1.165) is 4.68 Å². The highest BCUT2D eigenvalue weighted by atomic mass is 19.4. The summed E-state index contributed by atoms with van der Waals surface area (Å²) in [6.45, 7) is 2.43. The summed E-state index contributed by atoms with van der Waals surface area (Å²) >= 11 is 0. The number of nitrogens with zero attached hydrogens (tertiary/aromatic N) is 2. The number of rotatable bonds is 5. The third-order valence-electron chi connectivity index (χ3n) is 5.64. The number of nitrogens with one attached hydrogen (secondary N) is 2. The molecule has 34 heavy (non-hydrogen) atoms. The fraction of sp³-hybridized carbons (Fsp3) is 0.304. The smallest absolute Gasteiger partial charge is 0.410 e. The molecular formula is C23H21F3N4O4. The van der Waals surface area contributed by atoms with Crippen LogP contribution in [0.15, 0.2) is 48.5 Å². The zero-order valence-corrected chi connectivity index (χ0v) is 18.1. The Morgan fingerprint density at radius 3 is 2.68 bits per heavy atom. The number of amides is 1. The number of alkyl halides is 3. The van der Waals surface area contributed by atoms with Gasteiger partial charge in [-0.2, -0.15) is 18.3 Å². The Balaban J connectivity index is 1.39. The first-order valence-corrected chi connectivity index (χ1v) is 10.7. The third kappa shape index (κ3) is 4.20. The Morgan fingerprint density at radius 1 is 1.18 bits per heavy atom. The molecule has 0 saturated carbocycles. The van der Waals surface area contributed by atoms with E-state index in [1.807, 2.05) is 6.92 Å². The van der Waals surface area contributed by atoms with Crippen LogP contribution in [-0.2, 0) is 0 Å². The second-order valence-electron chi connectivity index (χ2n) is 7.87. The Bertz CT molecular complexity index is 1210. The van der Waals surface area contributed by atoms with Gasteiger partial charge in [-0.1, -0.05) is 6.07 Å². The molecule has 2 aromatic carbocycles. The zero-order valence-electron chi connectivity index (χ0n) is 18.1. The summed E-state index contributed by atoms with van der Waals surface area (Å²) in [5.74, 6) is 1.16. The Labute approximate surface area is 192 Å². The molecule has 0 aliphatic carbocycles. The molecule has 0 bridgehead atoms. The molecule has 0 saturated heterocycles. The standard InChI is InChI=1S/C23H21F3N4O4/c1-2-32-15-6-4-14(5-7-15)27-22(31)17-11-21-28-16(10-20(23(24,25)26)30(21)29-17)13-3-8-18-19(9-13)34-12-33-18/h3-9,11,16,20,28H,2,10,12H2,1H3,(H,27,31)/t16-,20+/m1/s1. The van der Waals surface area contributed by atoms with Crippen molar-refractivity contribution in [2.24, 2.45) is 0 Å². The maximum Gasteiger partial charge on any atom is 0.410 e. The maximum absolute atomic E-state index is 13.9. The van der Waals surface area contributed by atoms with E-state index < -0.39 is 24.2 Å². The number of fused-ring (bicyclic) bond motifs is 2. The quantitative estimate of drug-likeness (QED) is 0.546. The summed E-state index contributed by atoms with van der Waals surface area (Å²) < 4.78 is 58.7. The third-order valence-corrected chi connectivity index (χ3v) is 5.64. The van der Waals surface area contributed by atoms with E-state index in [-0.39, 0.29) is 24.7 Å². The predicted molar refractivity (Wildman–Crippen MR) is 116 cm³/mol. The van der Waals surface area contributed by atoms with E-state index in [4.69, 9.17) is 14.2 Å². The van der Waals surface area contributed by atoms with Gasteiger partial charge >= 0.3 is 6.18 Å². The second kappa shape index (κ2) is 8.47. The highest BCUT2D eigenvalue weighted by molar-refractivity contribution is 6.03. The number of halogens is 3. The van der Waals surface area contributed by atoms with Crippen LogP contribution in [0, 0.1) is 0 Å². The molecule has 3 aromatic rings. The van der Waals surface area contributed by atoms with Gasteiger partial charge in [-0.3, -0.25) is 4.79 Å². The number of ether oxygens (including phenoxy) is 3. The topological polar surface area (TPSA) is 86.6 Å². The van der Waals surface area contributed by atoms with E-state index in [1.165, 1.54) is 6.07 Å². The van der Waals surface area contributed by atoms with Gasteiger partial charge in [0, 0.05) is 18.2 Å². The van der Waals surface area contributed by atoms with Crippen LogP contribution in [0.4, 0.5) is 24.7 Å². The lowest BCUT2D eigenvalue weighted by Gasteiger charge is -2.33. The van der Waals surface area contributed by atoms with Crippen LogP contribution in [0.2, 0.25) is 0 Å². The number of carbonyl (C=O) groups excluding carboxylic acids is 1. The lowest BCUT2D eigenvalue weighted by atomic mass is 9.96. The number of carbonyl (C=O) groups is 1. The number of hydrogen-bond donors (Lipinski definition) is 2. The van der Waals surface area contributed by atoms with Crippen molar-refractivity contribution in [3.8, 4) is 17.2 Å². The van der Waals surface area contributed by atoms with Crippen LogP contribution in [-0.4, -0.2) is 35.3 Å². The number of hydrogen-bond acceptors (Lipinski definition) is 6. The van der Waals surface area contributed by atoms with Gasteiger partial charge < -0.3 is 24.8 Å². The first-order chi connectivity index (χ1) is 16.3. The van der Waals surface area contributed by atoms with Gasteiger partial charge in [-0.05, 0) is 48.9 Å². The van der Waals surface area contributed by atoms with Crippen molar-refractivity contribution in [2.75, 3.05) is 24.0 Å². The van der Waals surface area contributed by atoms with Crippen molar-refractivity contribution < 1.29 is 32.2 Å². The summed E-state index contributed by atoms with van der Waals surface area (Å²) in [7, 11) is 0. The van der Waals surface area contributed by atoms with Crippen LogP contribution in [0.1, 0.15) is 41.5 Å². The van der Waals surface area contributed by atoms with Crippen LogP contribution >= 0.6 is 0 Å². The minimum absolute atomic E-state index is 0.0711. The average molecular weight is 474 g/mol. The van der Waals surface area contributed by atoms with Crippen LogP contribution in [0.25, 0.3) is 0 Å². The summed E-state index contributed by atoms with van der Waals surface area (Å²) in [6, 6.07) is 10.5. The van der Waals surface area contributed by atoms with Crippen LogP contribution < -0.4 is 24.8 Å². The predicted octanol–water partition coefficient (Wildman–Crippen LogP) is 4.92. The molecule has 1 amide bonds. The molecule has 5 rings (SSSR count). The molecule has 2 aliphatic rings. The van der Waals surface area contributed by atoms with Gasteiger partial charge in [0.1, 0.15) is 11.6 Å². The van der Waals surface area contributed by atoms with Crippen molar-refractivity contribution in [1.82, 2.24) is 9.78 Å². The molecule has 3 heterocycles. The van der Waals surface area contributed by atoms with Crippen LogP contribution in [0.3, 0.4) is 0 Å². The van der Waals surface area contributed by atoms with Crippen molar-refractivity contribution in [3.63, 3.8) is 0 Å². The summed E-state index contributed by atoms with van der Waals surface area (Å²) in [6.07, 6.45) is -4.85. The van der Waals surface area contributed by atoms with Crippen molar-refractivity contribution in [3.05, 3.63) is 59.8 Å². The lowest BCUT2D eigenvalue weighted by Crippen LogP contribution is -2.35. The number of aromatic nitrogens is 2. The van der Waals surface area contributed by atoms with Gasteiger partial charge in [-0.25, -0.2) is 4.68 Å². The molecular weight excluding hydrogens is 453 g/mol. The Kier molecular flexibility index (Phi) is 5.46. The zero-order chi connectivity index (χ0) is 23.9. The van der Waals surface area contributed by atoms with Crippen molar-refractivity contribution in [1.29, 1.82) is 0 Å². The van der Waals surface area contributed by atoms with E-state index in [1.54, 1.807) is 42.5 Å². The van der Waals surface area contributed by atoms with E-state index in [0.29, 0.717) is 35.1 Å². The average Bonchev–Trinajstić information content (AvgIpc) is 3.45. The van der Waals surface area contributed by atoms with Gasteiger partial charge in [0.05, 0.1) is 12.6 Å². The Morgan fingerprint density at radius 2 is 1.94 bits per heavy atom. The SMILES string of the molecule is CCOc1ccc(NC(=O)c2cc3n(n2)[C@H](C(F)(F)F)C[C@H](c2ccc4c(c2)OCO4)N3)cc1. The number of benzene rings is 2. The molecule has 178 valence electrons. The van der Waals surface area contributed by atoms with Crippen molar-refractivity contribution in [2.45, 2.75) is 31.6 Å². The molecule has 2 aliphatic heterocycles. The second-order valence-corrected chi connectivity index (χ2v) is 7.87. The van der Waals surface area contributed by atoms with E-state index in [9.17, 15) is 18.0 Å². The lowest BCUT2D eigenvalue weighted by molar-refractivity contribution is -0.173. The van der Waals surface area contributed by atoms with Gasteiger partial charge in [0.25, 0.3) is 5.91 Å². The van der Waals surface area contributed by atoms with Crippen LogP contribution in [0.5, 0.6) is 17.2 Å². The number of anilines is 2. The first kappa shape index (κ1) is 21.9. The summed E-state index contributed by atoms with van der Waals surface area (Å²) in [5, 5.41) is 9.71. The monoisotopic (exact) mass is 474 g/mol. The maximum atomic E-state index is 13.9. The summed E-state index contributed by atoms with van der Waals surface area (Å²) in [5.41, 5.74) is 0.960. The molecule has 0 spiro atoms. The van der Waals surface area contributed by atoms with E-state index in [2.05, 4.69) is 15.7 Å². The Hall–Kier alpha value is -3.89. The minimum Gasteiger partial charge on any atom is -0.494 e. The molecule has 0 radical (unpaired) electrons. The molecule has 2 atom stereocenters. The molecule has 11 heteroatoms. The highest BCUT2D eigenvalue weighted by Gasteiger charge is 2.47. The molecule has 0 fully saturated rings. The summed E-state index contributed by atoms with van der Waals surface area (Å²) in [4.78, 5) is 12.7. The molecule has 1 aromatic heterocycles.